The summed E-state index contributed by atoms with van der Waals surface area (Å²) in [5.74, 6) is -1.49. The van der Waals surface area contributed by atoms with E-state index >= 15 is 0 Å². The van der Waals surface area contributed by atoms with Crippen LogP contribution < -0.4 is 5.32 Å². The average Bonchev–Trinajstić information content (AvgIpc) is 3.58. The van der Waals surface area contributed by atoms with Gasteiger partial charge >= 0.3 is 5.97 Å². The van der Waals surface area contributed by atoms with Crippen LogP contribution in [0.15, 0.2) is 54.6 Å². The predicted molar refractivity (Wildman–Crippen MR) is 101 cm³/mol. The van der Waals surface area contributed by atoms with Crippen molar-refractivity contribution >= 4 is 17.7 Å². The number of carbonyl (C=O) groups is 3. The number of ether oxygens (including phenoxy) is 1. The molecule has 1 N–H and O–H groups in total. The lowest BCUT2D eigenvalue weighted by Gasteiger charge is -2.22. The van der Waals surface area contributed by atoms with Crippen LogP contribution >= 0.6 is 0 Å². The third-order valence-electron chi connectivity index (χ3n) is 4.79. The van der Waals surface area contributed by atoms with E-state index in [1.807, 2.05) is 0 Å². The standard InChI is InChI=1S/C22H20N2O4/c1-22(14-23,16-11-12-16)24-19(25)13-28-21(27)18-10-6-5-9-17(18)20(26)15-7-3-2-4-8-15/h2-10,16H,11-13H2,1H3,(H,24,25)/t22-/m1/s1. The van der Waals surface area contributed by atoms with E-state index in [1.54, 1.807) is 55.5 Å². The van der Waals surface area contributed by atoms with E-state index in [2.05, 4.69) is 11.4 Å². The van der Waals surface area contributed by atoms with Gasteiger partial charge in [0.15, 0.2) is 12.4 Å². The van der Waals surface area contributed by atoms with Gasteiger partial charge in [-0.3, -0.25) is 9.59 Å². The number of nitrogens with zero attached hydrogens (tertiary/aromatic N) is 1. The summed E-state index contributed by atoms with van der Waals surface area (Å²) < 4.78 is 5.09. The molecule has 1 atom stereocenters. The van der Waals surface area contributed by atoms with Crippen molar-refractivity contribution in [2.45, 2.75) is 25.3 Å². The molecule has 0 saturated heterocycles. The van der Waals surface area contributed by atoms with Crippen molar-refractivity contribution in [3.8, 4) is 6.07 Å². The first-order valence-corrected chi connectivity index (χ1v) is 9.03. The molecule has 142 valence electrons. The minimum absolute atomic E-state index is 0.0920. The summed E-state index contributed by atoms with van der Waals surface area (Å²) in [5.41, 5.74) is -0.201. The normalized spacial score (nSPS) is 15.0. The number of benzene rings is 2. The maximum Gasteiger partial charge on any atom is 0.339 e. The highest BCUT2D eigenvalue weighted by molar-refractivity contribution is 6.14. The lowest BCUT2D eigenvalue weighted by Crippen LogP contribution is -2.48. The van der Waals surface area contributed by atoms with E-state index in [1.165, 1.54) is 6.07 Å². The lowest BCUT2D eigenvalue weighted by molar-refractivity contribution is -0.125. The maximum absolute atomic E-state index is 12.7. The Hall–Kier alpha value is -3.46. The molecule has 1 aliphatic carbocycles. The molecule has 0 bridgehead atoms. The zero-order valence-corrected chi connectivity index (χ0v) is 15.5. The molecular formula is C22H20N2O4. The topological polar surface area (TPSA) is 96.3 Å². The number of hydrogen-bond donors (Lipinski definition) is 1. The summed E-state index contributed by atoms with van der Waals surface area (Å²) in [5, 5.41) is 11.9. The molecule has 1 amide bonds. The Balaban J connectivity index is 1.67. The number of rotatable bonds is 7. The summed E-state index contributed by atoms with van der Waals surface area (Å²) >= 11 is 0. The van der Waals surface area contributed by atoms with Gasteiger partial charge in [-0.1, -0.05) is 48.5 Å². The van der Waals surface area contributed by atoms with E-state index in [0.29, 0.717) is 5.56 Å². The first-order valence-electron chi connectivity index (χ1n) is 9.03. The van der Waals surface area contributed by atoms with Gasteiger partial charge in [-0.2, -0.15) is 5.26 Å². The quantitative estimate of drug-likeness (QED) is 0.592. The molecule has 28 heavy (non-hydrogen) atoms. The highest BCUT2D eigenvalue weighted by Gasteiger charge is 2.43. The van der Waals surface area contributed by atoms with Crippen LogP contribution in [0.3, 0.4) is 0 Å². The van der Waals surface area contributed by atoms with Crippen molar-refractivity contribution in [1.82, 2.24) is 5.32 Å². The number of amides is 1. The average molecular weight is 376 g/mol. The molecule has 1 fully saturated rings. The van der Waals surface area contributed by atoms with Gasteiger partial charge in [0, 0.05) is 11.1 Å². The molecule has 1 saturated carbocycles. The van der Waals surface area contributed by atoms with Crippen LogP contribution in [0.5, 0.6) is 0 Å². The molecule has 0 radical (unpaired) electrons. The van der Waals surface area contributed by atoms with Gasteiger partial charge in [-0.05, 0) is 31.7 Å². The molecule has 0 unspecified atom stereocenters. The highest BCUT2D eigenvalue weighted by atomic mass is 16.5. The van der Waals surface area contributed by atoms with E-state index < -0.39 is 24.0 Å². The monoisotopic (exact) mass is 376 g/mol. The van der Waals surface area contributed by atoms with Gasteiger partial charge in [-0.25, -0.2) is 4.79 Å². The second-order valence-corrected chi connectivity index (χ2v) is 6.95. The second kappa shape index (κ2) is 8.05. The van der Waals surface area contributed by atoms with Crippen LogP contribution in [0, 0.1) is 17.2 Å². The molecule has 0 aliphatic heterocycles. The Morgan fingerprint density at radius 2 is 1.68 bits per heavy atom. The van der Waals surface area contributed by atoms with E-state index in [-0.39, 0.29) is 22.8 Å². The third kappa shape index (κ3) is 4.26. The Bertz CT molecular complexity index is 945. The Kier molecular flexibility index (Phi) is 5.55. The van der Waals surface area contributed by atoms with Crippen molar-refractivity contribution in [3.63, 3.8) is 0 Å². The van der Waals surface area contributed by atoms with E-state index in [0.717, 1.165) is 12.8 Å². The molecule has 0 aromatic heterocycles. The van der Waals surface area contributed by atoms with Crippen molar-refractivity contribution in [1.29, 1.82) is 5.26 Å². The number of hydrogen-bond acceptors (Lipinski definition) is 5. The molecular weight excluding hydrogens is 356 g/mol. The number of ketones is 1. The van der Waals surface area contributed by atoms with Gasteiger partial charge in [0.2, 0.25) is 0 Å². The fourth-order valence-corrected chi connectivity index (χ4v) is 3.02. The molecule has 2 aromatic rings. The summed E-state index contributed by atoms with van der Waals surface area (Å²) in [6, 6.07) is 17.0. The summed E-state index contributed by atoms with van der Waals surface area (Å²) in [4.78, 5) is 37.3. The van der Waals surface area contributed by atoms with Crippen LogP contribution in [0.4, 0.5) is 0 Å². The maximum atomic E-state index is 12.7. The number of carbonyl (C=O) groups excluding carboxylic acids is 3. The van der Waals surface area contributed by atoms with Gasteiger partial charge in [0.1, 0.15) is 5.54 Å². The lowest BCUT2D eigenvalue weighted by atomic mass is 9.98. The van der Waals surface area contributed by atoms with Gasteiger partial charge in [-0.15, -0.1) is 0 Å². The zero-order valence-electron chi connectivity index (χ0n) is 15.5. The SMILES string of the molecule is C[C@](C#N)(NC(=O)COC(=O)c1ccccc1C(=O)c1ccccc1)C1CC1. The Morgan fingerprint density at radius 3 is 2.29 bits per heavy atom. The van der Waals surface area contributed by atoms with Gasteiger partial charge < -0.3 is 10.1 Å². The summed E-state index contributed by atoms with van der Waals surface area (Å²) in [6.07, 6.45) is 1.78. The van der Waals surface area contributed by atoms with Crippen molar-refractivity contribution in [3.05, 3.63) is 71.3 Å². The number of nitrogens with one attached hydrogen (secondary N) is 1. The first-order chi connectivity index (χ1) is 13.4. The molecule has 3 rings (SSSR count). The van der Waals surface area contributed by atoms with Crippen LogP contribution in [-0.4, -0.2) is 29.8 Å². The molecule has 0 spiro atoms. The van der Waals surface area contributed by atoms with Crippen molar-refractivity contribution < 1.29 is 19.1 Å². The van der Waals surface area contributed by atoms with Crippen molar-refractivity contribution in [2.75, 3.05) is 6.61 Å². The minimum Gasteiger partial charge on any atom is -0.452 e. The zero-order chi connectivity index (χ0) is 20.1. The third-order valence-corrected chi connectivity index (χ3v) is 4.79. The highest BCUT2D eigenvalue weighted by Crippen LogP contribution is 2.39. The first kappa shape index (κ1) is 19.3. The Labute approximate surface area is 163 Å². The molecule has 2 aromatic carbocycles. The molecule has 1 aliphatic rings. The van der Waals surface area contributed by atoms with Crippen molar-refractivity contribution in [2.24, 2.45) is 5.92 Å². The van der Waals surface area contributed by atoms with Crippen LogP contribution in [0.25, 0.3) is 0 Å². The Morgan fingerprint density at radius 1 is 1.07 bits per heavy atom. The number of esters is 1. The largest absolute Gasteiger partial charge is 0.452 e. The summed E-state index contributed by atoms with van der Waals surface area (Å²) in [7, 11) is 0. The van der Waals surface area contributed by atoms with Crippen LogP contribution in [0.2, 0.25) is 0 Å². The van der Waals surface area contributed by atoms with E-state index in [9.17, 15) is 19.6 Å². The van der Waals surface area contributed by atoms with Crippen LogP contribution in [-0.2, 0) is 9.53 Å². The second-order valence-electron chi connectivity index (χ2n) is 6.95. The van der Waals surface area contributed by atoms with Gasteiger partial charge in [0.05, 0.1) is 11.6 Å². The number of nitriles is 1. The predicted octanol–water partition coefficient (Wildman–Crippen LogP) is 2.88. The van der Waals surface area contributed by atoms with E-state index in [4.69, 9.17) is 4.74 Å². The molecule has 0 heterocycles. The fourth-order valence-electron chi connectivity index (χ4n) is 3.02. The minimum atomic E-state index is -0.954. The molecule has 6 heteroatoms. The fraction of sp³-hybridized carbons (Fsp3) is 0.273. The van der Waals surface area contributed by atoms with Gasteiger partial charge in [0.25, 0.3) is 5.91 Å². The van der Waals surface area contributed by atoms with Crippen LogP contribution in [0.1, 0.15) is 46.0 Å². The molecule has 6 nitrogen and oxygen atoms in total. The summed E-state index contributed by atoms with van der Waals surface area (Å²) in [6.45, 7) is 1.15. The smallest absolute Gasteiger partial charge is 0.339 e.